The summed E-state index contributed by atoms with van der Waals surface area (Å²) in [7, 11) is 0. The van der Waals surface area contributed by atoms with Crippen LogP contribution in [0.2, 0.25) is 5.02 Å². The van der Waals surface area contributed by atoms with Crippen LogP contribution in [-0.4, -0.2) is 22.4 Å². The van der Waals surface area contributed by atoms with Crippen LogP contribution in [-0.2, 0) is 16.1 Å². The molecule has 1 heterocycles. The molecule has 0 radical (unpaired) electrons. The summed E-state index contributed by atoms with van der Waals surface area (Å²) in [5.74, 6) is -2.23. The van der Waals surface area contributed by atoms with Crippen LogP contribution in [0.5, 0.6) is 0 Å². The number of hydrogen-bond donors (Lipinski definition) is 3. The van der Waals surface area contributed by atoms with Crippen molar-refractivity contribution in [2.24, 2.45) is 17.6 Å². The van der Waals surface area contributed by atoms with Gasteiger partial charge in [0.1, 0.15) is 5.82 Å². The van der Waals surface area contributed by atoms with Crippen LogP contribution in [0.15, 0.2) is 48.7 Å². The maximum atomic E-state index is 14.1. The van der Waals surface area contributed by atoms with Gasteiger partial charge in [-0.25, -0.2) is 9.18 Å². The van der Waals surface area contributed by atoms with Gasteiger partial charge < -0.3 is 16.4 Å². The summed E-state index contributed by atoms with van der Waals surface area (Å²) in [5.41, 5.74) is 6.75. The van der Waals surface area contributed by atoms with E-state index in [9.17, 15) is 18.8 Å². The number of aromatic nitrogens is 1. The van der Waals surface area contributed by atoms with E-state index in [0.717, 1.165) is 6.42 Å². The third kappa shape index (κ3) is 4.18. The van der Waals surface area contributed by atoms with Crippen LogP contribution in [0, 0.1) is 17.7 Å². The molecule has 1 aromatic heterocycles. The average Bonchev–Trinajstić information content (AvgIpc) is 3.40. The number of para-hydroxylation sites is 1. The molecule has 3 amide bonds. The van der Waals surface area contributed by atoms with Crippen LogP contribution in [0.25, 0.3) is 10.9 Å². The number of fused-ring (bicyclic) bond motifs is 1. The van der Waals surface area contributed by atoms with Gasteiger partial charge in [-0.2, -0.15) is 0 Å². The monoisotopic (exact) mass is 456 g/mol. The zero-order valence-corrected chi connectivity index (χ0v) is 17.9. The minimum atomic E-state index is -0.659. The highest BCUT2D eigenvalue weighted by atomic mass is 35.5. The molecule has 3 aromatic rings. The lowest BCUT2D eigenvalue weighted by Gasteiger charge is -2.19. The van der Waals surface area contributed by atoms with Gasteiger partial charge >= 0.3 is 6.03 Å². The summed E-state index contributed by atoms with van der Waals surface area (Å²) in [6.45, 7) is -0.0117. The first-order valence-corrected chi connectivity index (χ1v) is 10.7. The van der Waals surface area contributed by atoms with E-state index in [1.54, 1.807) is 36.4 Å². The van der Waals surface area contributed by atoms with Crippen molar-refractivity contribution in [1.82, 2.24) is 9.88 Å². The topological polar surface area (TPSA) is 106 Å². The van der Waals surface area contributed by atoms with E-state index in [1.165, 1.54) is 16.8 Å². The summed E-state index contributed by atoms with van der Waals surface area (Å²) in [5, 5.41) is 6.24. The van der Waals surface area contributed by atoms with Gasteiger partial charge in [-0.1, -0.05) is 48.4 Å². The summed E-state index contributed by atoms with van der Waals surface area (Å²) >= 11 is 5.79. The first-order chi connectivity index (χ1) is 15.4. The van der Waals surface area contributed by atoms with E-state index in [2.05, 4.69) is 10.6 Å². The molecule has 4 rings (SSSR count). The largest absolute Gasteiger partial charge is 0.352 e. The molecule has 0 bridgehead atoms. The van der Waals surface area contributed by atoms with Gasteiger partial charge in [0, 0.05) is 35.5 Å². The van der Waals surface area contributed by atoms with Crippen molar-refractivity contribution in [2.75, 3.05) is 5.32 Å². The zero-order chi connectivity index (χ0) is 22.8. The molecule has 1 fully saturated rings. The molecule has 1 aliphatic rings. The number of nitrogens with one attached hydrogen (secondary N) is 2. The lowest BCUT2D eigenvalue weighted by atomic mass is 9.94. The van der Waals surface area contributed by atoms with Gasteiger partial charge in [0.15, 0.2) is 0 Å². The van der Waals surface area contributed by atoms with Crippen molar-refractivity contribution in [2.45, 2.75) is 25.8 Å². The minimum Gasteiger partial charge on any atom is -0.352 e. The Morgan fingerprint density at radius 1 is 1.06 bits per heavy atom. The Morgan fingerprint density at radius 2 is 1.78 bits per heavy atom. The lowest BCUT2D eigenvalue weighted by Crippen LogP contribution is -2.37. The molecule has 0 saturated heterocycles. The highest BCUT2D eigenvalue weighted by molar-refractivity contribution is 6.30. The molecule has 0 aliphatic heterocycles. The number of anilines is 1. The first kappa shape index (κ1) is 21.8. The quantitative estimate of drug-likeness (QED) is 0.539. The van der Waals surface area contributed by atoms with Gasteiger partial charge in [0.25, 0.3) is 0 Å². The number of carbonyl (C=O) groups is 3. The van der Waals surface area contributed by atoms with Gasteiger partial charge in [0.2, 0.25) is 11.8 Å². The van der Waals surface area contributed by atoms with Crippen LogP contribution >= 0.6 is 11.6 Å². The molecule has 2 atom stereocenters. The Kier molecular flexibility index (Phi) is 6.14. The Labute approximate surface area is 188 Å². The fourth-order valence-corrected chi connectivity index (χ4v) is 4.47. The predicted octanol–water partition coefficient (Wildman–Crippen LogP) is 4.03. The van der Waals surface area contributed by atoms with Crippen LogP contribution < -0.4 is 16.4 Å². The maximum absolute atomic E-state index is 14.1. The molecule has 0 spiro atoms. The summed E-state index contributed by atoms with van der Waals surface area (Å²) < 4.78 is 15.3. The van der Waals surface area contributed by atoms with Gasteiger partial charge in [-0.05, 0) is 25.0 Å². The van der Waals surface area contributed by atoms with E-state index >= 15 is 0 Å². The molecule has 32 heavy (non-hydrogen) atoms. The molecule has 1 aliphatic carbocycles. The van der Waals surface area contributed by atoms with Crippen LogP contribution in [0.3, 0.4) is 0 Å². The Hall–Kier alpha value is -3.39. The highest BCUT2D eigenvalue weighted by Crippen LogP contribution is 2.34. The average molecular weight is 457 g/mol. The van der Waals surface area contributed by atoms with E-state index in [-0.39, 0.29) is 28.9 Å². The molecule has 9 heteroatoms. The van der Waals surface area contributed by atoms with E-state index in [0.29, 0.717) is 29.4 Å². The zero-order valence-electron chi connectivity index (χ0n) is 17.1. The van der Waals surface area contributed by atoms with Crippen LogP contribution in [0.4, 0.5) is 14.9 Å². The summed E-state index contributed by atoms with van der Waals surface area (Å²) in [6, 6.07) is 11.0. The number of carbonyl (C=O) groups excluding carboxylic acids is 3. The Balaban J connectivity index is 1.47. The van der Waals surface area contributed by atoms with Crippen molar-refractivity contribution in [1.29, 1.82) is 0 Å². The van der Waals surface area contributed by atoms with Crippen molar-refractivity contribution in [3.63, 3.8) is 0 Å². The second-order valence-corrected chi connectivity index (χ2v) is 8.24. The fraction of sp³-hybridized carbons (Fsp3) is 0.261. The van der Waals surface area contributed by atoms with E-state index in [1.807, 2.05) is 0 Å². The van der Waals surface area contributed by atoms with E-state index < -0.39 is 23.7 Å². The molecule has 1 saturated carbocycles. The molecular formula is C23H22ClFN4O3. The van der Waals surface area contributed by atoms with E-state index in [4.69, 9.17) is 17.3 Å². The van der Waals surface area contributed by atoms with Gasteiger partial charge in [-0.3, -0.25) is 14.2 Å². The van der Waals surface area contributed by atoms with Crippen molar-refractivity contribution < 1.29 is 18.8 Å². The summed E-state index contributed by atoms with van der Waals surface area (Å²) in [6.07, 6.45) is 3.33. The first-order valence-electron chi connectivity index (χ1n) is 10.3. The molecule has 7 nitrogen and oxygen atoms in total. The highest BCUT2D eigenvalue weighted by Gasteiger charge is 2.38. The number of nitrogens with zero attached hydrogens (tertiary/aromatic N) is 1. The standard InChI is InChI=1S/C23H22ClFN4O3/c24-17-9-3-5-13(20(17)25)11-27-21(30)14-7-4-8-15(14)22(31)28-18-12-29(23(26)32)19-10-2-1-6-16(18)19/h1-3,5-6,9-10,12,14-15H,4,7-8,11H2,(H2,26,32)(H,27,30)(H,28,31). The van der Waals surface area contributed by atoms with Crippen LogP contribution in [0.1, 0.15) is 24.8 Å². The second-order valence-electron chi connectivity index (χ2n) is 7.83. The molecule has 166 valence electrons. The number of nitrogens with two attached hydrogens (primary N) is 1. The fourth-order valence-electron chi connectivity index (χ4n) is 4.27. The molecular weight excluding hydrogens is 435 g/mol. The Bertz CT molecular complexity index is 1210. The number of hydrogen-bond acceptors (Lipinski definition) is 3. The molecule has 2 unspecified atom stereocenters. The van der Waals surface area contributed by atoms with Gasteiger partial charge in [0.05, 0.1) is 16.2 Å². The number of benzene rings is 2. The SMILES string of the molecule is NC(=O)n1cc(NC(=O)C2CCCC2C(=O)NCc2cccc(Cl)c2F)c2ccccc21. The third-order valence-electron chi connectivity index (χ3n) is 5.88. The van der Waals surface area contributed by atoms with Crippen molar-refractivity contribution in [3.8, 4) is 0 Å². The summed E-state index contributed by atoms with van der Waals surface area (Å²) in [4.78, 5) is 37.5. The second kappa shape index (κ2) is 9.00. The number of primary amides is 1. The smallest absolute Gasteiger partial charge is 0.323 e. The third-order valence-corrected chi connectivity index (χ3v) is 6.17. The van der Waals surface area contributed by atoms with Crippen molar-refractivity contribution in [3.05, 3.63) is 65.1 Å². The lowest BCUT2D eigenvalue weighted by molar-refractivity contribution is -0.131. The predicted molar refractivity (Wildman–Crippen MR) is 120 cm³/mol. The van der Waals surface area contributed by atoms with Gasteiger partial charge in [-0.15, -0.1) is 0 Å². The molecule has 4 N–H and O–H groups in total. The number of amides is 3. The normalized spacial score (nSPS) is 17.9. The van der Waals surface area contributed by atoms with Crippen molar-refractivity contribution >= 4 is 46.0 Å². The number of halogens is 2. The minimum absolute atomic E-state index is 0.00926. The number of rotatable bonds is 5. The Morgan fingerprint density at radius 3 is 2.53 bits per heavy atom. The maximum Gasteiger partial charge on any atom is 0.323 e. The molecule has 2 aromatic carbocycles.